The van der Waals surface area contributed by atoms with Crippen LogP contribution in [0.15, 0.2) is 60.7 Å². The molecule has 2 rings (SSSR count). The first-order chi connectivity index (χ1) is 15.6. The molecule has 0 spiro atoms. The van der Waals surface area contributed by atoms with Crippen molar-refractivity contribution >= 4 is 35.8 Å². The third-order valence-electron chi connectivity index (χ3n) is 6.49. The average Bonchev–Trinajstić information content (AvgIpc) is 2.83. The molecule has 0 N–H and O–H groups in total. The van der Waals surface area contributed by atoms with E-state index in [9.17, 15) is 0 Å². The normalized spacial score (nSPS) is 12.3. The Balaban J connectivity index is 2.27. The molecule has 0 saturated carbocycles. The zero-order valence-corrected chi connectivity index (χ0v) is 24.0. The molecule has 0 bridgehead atoms. The van der Waals surface area contributed by atoms with Crippen molar-refractivity contribution in [3.63, 3.8) is 0 Å². The zero-order valence-electron chi connectivity index (χ0n) is 20.4. The second-order valence-corrected chi connectivity index (χ2v) is 23.2. The van der Waals surface area contributed by atoms with Gasteiger partial charge in [-0.2, -0.15) is 0 Å². The van der Waals surface area contributed by atoms with Crippen molar-refractivity contribution in [1.82, 2.24) is 0 Å². The summed E-state index contributed by atoms with van der Waals surface area (Å²) < 4.78 is 17.1. The molecule has 0 radical (unpaired) electrons. The Labute approximate surface area is 206 Å². The van der Waals surface area contributed by atoms with Gasteiger partial charge in [0.05, 0.1) is 0 Å². The van der Waals surface area contributed by atoms with Crippen LogP contribution in [0.3, 0.4) is 0 Å². The van der Waals surface area contributed by atoms with Crippen molar-refractivity contribution in [1.29, 1.82) is 0 Å². The van der Waals surface area contributed by atoms with E-state index in [1.807, 2.05) is 30.3 Å². The molecule has 0 aliphatic rings. The summed E-state index contributed by atoms with van der Waals surface area (Å²) in [5, 5.41) is 0.305. The first-order valence-electron chi connectivity index (χ1n) is 12.6. The Kier molecular flexibility index (Phi) is 13.3. The fraction of sp³-hybridized carbons (Fsp3) is 0.536. The summed E-state index contributed by atoms with van der Waals surface area (Å²) in [6.07, 6.45) is 9.83. The zero-order chi connectivity index (χ0) is 23.1. The fourth-order valence-electron chi connectivity index (χ4n) is 4.60. The number of aryl methyl sites for hydroxylation is 1. The molecule has 0 saturated heterocycles. The van der Waals surface area contributed by atoms with Crippen LogP contribution in [0.1, 0.15) is 71.3 Å². The minimum absolute atomic E-state index is 0.269. The molecule has 0 aliphatic carbocycles. The van der Waals surface area contributed by atoms with E-state index in [2.05, 4.69) is 51.1 Å². The Bertz CT molecular complexity index is 729. The van der Waals surface area contributed by atoms with Gasteiger partial charge in [0.15, 0.2) is 0 Å². The second-order valence-electron chi connectivity index (χ2n) is 8.97. The molecule has 0 amide bonds. The van der Waals surface area contributed by atoms with Crippen LogP contribution in [-0.2, 0) is 11.2 Å². The number of rotatable bonds is 15. The number of ether oxygens (including phenoxy) is 2. The molecule has 1 atom stereocenters. The van der Waals surface area contributed by atoms with E-state index in [-0.39, 0.29) is 4.12 Å². The van der Waals surface area contributed by atoms with Gasteiger partial charge in [0.25, 0.3) is 0 Å². The van der Waals surface area contributed by atoms with Crippen molar-refractivity contribution < 1.29 is 9.47 Å². The van der Waals surface area contributed by atoms with E-state index in [1.54, 1.807) is 0 Å². The maximum absolute atomic E-state index is 6.64. The Morgan fingerprint density at radius 3 is 1.78 bits per heavy atom. The quantitative estimate of drug-likeness (QED) is 0.160. The van der Waals surface area contributed by atoms with Crippen molar-refractivity contribution in [2.45, 2.75) is 89.6 Å². The summed E-state index contributed by atoms with van der Waals surface area (Å²) in [6.45, 7) is 6.96. The standard InChI is InChI=1S/C16H15O2S.3C4H9.Sn/c19-16(18-15-11-5-2-6-12-15)17-13-7-10-14-8-3-1-4-9-14;3*1-3-4-2;/h1-6,8-9,11-13H,7,10H2;3*1,3-4H2,2H3;. The second kappa shape index (κ2) is 15.7. The van der Waals surface area contributed by atoms with Gasteiger partial charge in [-0.15, -0.1) is 0 Å². The average molecular weight is 561 g/mol. The van der Waals surface area contributed by atoms with Crippen LogP contribution < -0.4 is 4.74 Å². The van der Waals surface area contributed by atoms with Gasteiger partial charge in [-0.05, 0) is 0 Å². The van der Waals surface area contributed by atoms with Crippen LogP contribution in [-0.4, -0.2) is 27.7 Å². The summed E-state index contributed by atoms with van der Waals surface area (Å²) in [4.78, 5) is 0. The third-order valence-corrected chi connectivity index (χ3v) is 23.3. The van der Waals surface area contributed by atoms with E-state index >= 15 is 0 Å². The summed E-state index contributed by atoms with van der Waals surface area (Å²) in [6, 6.07) is 20.6. The molecule has 0 aromatic heterocycles. The molecule has 2 nitrogen and oxygen atoms in total. The van der Waals surface area contributed by atoms with Crippen LogP contribution in [0.25, 0.3) is 0 Å². The molecule has 4 heteroatoms. The topological polar surface area (TPSA) is 18.5 Å². The minimum atomic E-state index is -2.66. The Morgan fingerprint density at radius 1 is 0.781 bits per heavy atom. The van der Waals surface area contributed by atoms with Crippen molar-refractivity contribution in [3.8, 4) is 5.75 Å². The van der Waals surface area contributed by atoms with Crippen LogP contribution in [0.5, 0.6) is 5.75 Å². The van der Waals surface area contributed by atoms with E-state index in [1.165, 1.54) is 57.4 Å². The van der Waals surface area contributed by atoms with Gasteiger partial charge in [0.1, 0.15) is 0 Å². The van der Waals surface area contributed by atoms with Gasteiger partial charge in [0, 0.05) is 0 Å². The first-order valence-corrected chi connectivity index (χ1v) is 20.7. The molecule has 0 fully saturated rings. The van der Waals surface area contributed by atoms with E-state index in [0.717, 1.165) is 18.6 Å². The molecule has 32 heavy (non-hydrogen) atoms. The van der Waals surface area contributed by atoms with Crippen LogP contribution >= 0.6 is 12.2 Å². The predicted molar refractivity (Wildman–Crippen MR) is 144 cm³/mol. The Hall–Kier alpha value is -1.07. The van der Waals surface area contributed by atoms with Crippen LogP contribution in [0, 0.1) is 0 Å². The molecule has 0 aliphatic heterocycles. The Morgan fingerprint density at radius 2 is 1.28 bits per heavy atom. The maximum atomic E-state index is 6.64. The number of benzene rings is 2. The fourth-order valence-corrected chi connectivity index (χ4v) is 22.2. The predicted octanol–water partition coefficient (Wildman–Crippen LogP) is 8.76. The van der Waals surface area contributed by atoms with Gasteiger partial charge < -0.3 is 0 Å². The van der Waals surface area contributed by atoms with Gasteiger partial charge in [-0.25, -0.2) is 0 Å². The number of para-hydroxylation sites is 1. The summed E-state index contributed by atoms with van der Waals surface area (Å²) >= 11 is 2.98. The van der Waals surface area contributed by atoms with Gasteiger partial charge >= 0.3 is 207 Å². The number of thiocarbonyl (C=S) groups is 1. The molecule has 1 unspecified atom stereocenters. The summed E-state index contributed by atoms with van der Waals surface area (Å²) in [5.41, 5.74) is 1.39. The van der Waals surface area contributed by atoms with E-state index < -0.39 is 18.4 Å². The molecule has 2 aromatic rings. The van der Waals surface area contributed by atoms with Crippen molar-refractivity contribution in [2.24, 2.45) is 0 Å². The van der Waals surface area contributed by atoms with E-state index in [4.69, 9.17) is 21.7 Å². The monoisotopic (exact) mass is 562 g/mol. The number of hydrogen-bond donors (Lipinski definition) is 0. The van der Waals surface area contributed by atoms with Crippen molar-refractivity contribution in [3.05, 3.63) is 66.2 Å². The number of hydrogen-bond acceptors (Lipinski definition) is 3. The number of unbranched alkanes of at least 4 members (excludes halogenated alkanes) is 3. The first kappa shape index (κ1) is 27.2. The van der Waals surface area contributed by atoms with Crippen LogP contribution in [0.2, 0.25) is 13.3 Å². The molecule has 0 heterocycles. The van der Waals surface area contributed by atoms with Gasteiger partial charge in [0.2, 0.25) is 0 Å². The molecular formula is C28H42O2SSn. The van der Waals surface area contributed by atoms with Crippen LogP contribution in [0.4, 0.5) is 0 Å². The SMILES string of the molecule is CCC[CH2][Sn]([CH2]CCC)([CH2]CCC)[CH](CCc1ccccc1)OC(=S)Oc1ccccc1. The van der Waals surface area contributed by atoms with Gasteiger partial charge in [-0.1, -0.05) is 0 Å². The molecule has 176 valence electrons. The summed E-state index contributed by atoms with van der Waals surface area (Å²) in [5.74, 6) is 0.760. The summed E-state index contributed by atoms with van der Waals surface area (Å²) in [7, 11) is 0. The van der Waals surface area contributed by atoms with E-state index in [0.29, 0.717) is 5.24 Å². The van der Waals surface area contributed by atoms with Crippen molar-refractivity contribution in [2.75, 3.05) is 0 Å². The third kappa shape index (κ3) is 9.43. The molecule has 2 aromatic carbocycles. The van der Waals surface area contributed by atoms with Gasteiger partial charge in [-0.3, -0.25) is 0 Å². The molecular weight excluding hydrogens is 519 g/mol.